The number of hydrogen-bond donors (Lipinski definition) is 4. The number of urea groups is 1. The molecule has 0 aromatic heterocycles. The van der Waals surface area contributed by atoms with Crippen molar-refractivity contribution < 1.29 is 4.79 Å². The van der Waals surface area contributed by atoms with Gasteiger partial charge in [0.1, 0.15) is 0 Å². The highest BCUT2D eigenvalue weighted by molar-refractivity contribution is 5.89. The fourth-order valence-electron chi connectivity index (χ4n) is 2.40. The van der Waals surface area contributed by atoms with Gasteiger partial charge in [-0.1, -0.05) is 26.0 Å². The molecule has 1 atom stereocenters. The molecule has 4 N–H and O–H groups in total. The van der Waals surface area contributed by atoms with E-state index < -0.39 is 0 Å². The molecule has 1 unspecified atom stereocenters. The number of hydrogen-bond acceptors (Lipinski definition) is 2. The summed E-state index contributed by atoms with van der Waals surface area (Å²) in [4.78, 5) is 16.0. The van der Waals surface area contributed by atoms with E-state index in [0.29, 0.717) is 18.5 Å². The Bertz CT molecular complexity index is 566. The molecule has 0 heterocycles. The molecule has 26 heavy (non-hydrogen) atoms. The van der Waals surface area contributed by atoms with Gasteiger partial charge in [0, 0.05) is 31.4 Å². The van der Waals surface area contributed by atoms with Crippen LogP contribution in [0.3, 0.4) is 0 Å². The van der Waals surface area contributed by atoms with Crippen LogP contribution in [0.25, 0.3) is 0 Å². The minimum atomic E-state index is -0.189. The van der Waals surface area contributed by atoms with Gasteiger partial charge in [0.25, 0.3) is 0 Å². The molecule has 0 bridgehead atoms. The van der Waals surface area contributed by atoms with E-state index >= 15 is 0 Å². The number of carbonyl (C=O) groups excluding carboxylic acids is 1. The number of rotatable bonds is 8. The Labute approximate surface area is 158 Å². The molecule has 1 aromatic rings. The van der Waals surface area contributed by atoms with Crippen molar-refractivity contribution in [3.05, 3.63) is 29.8 Å². The molecular weight excluding hydrogens is 326 g/mol. The van der Waals surface area contributed by atoms with Crippen LogP contribution >= 0.6 is 0 Å². The van der Waals surface area contributed by atoms with Crippen molar-refractivity contribution in [3.63, 3.8) is 0 Å². The number of nitrogens with one attached hydrogen (secondary N) is 4. The van der Waals surface area contributed by atoms with Crippen LogP contribution in [0.15, 0.2) is 29.3 Å². The van der Waals surface area contributed by atoms with E-state index in [1.54, 1.807) is 7.05 Å². The average molecular weight is 362 g/mol. The third-order valence-electron chi connectivity index (χ3n) is 3.88. The van der Waals surface area contributed by atoms with E-state index in [1.807, 2.05) is 38.1 Å². The molecule has 0 saturated heterocycles. The summed E-state index contributed by atoms with van der Waals surface area (Å²) in [6, 6.07) is 8.10. The number of guanidine groups is 1. The summed E-state index contributed by atoms with van der Waals surface area (Å²) in [5.74, 6) is 1.52. The predicted molar refractivity (Wildman–Crippen MR) is 111 cm³/mol. The minimum absolute atomic E-state index is 0.112. The maximum atomic E-state index is 11.7. The third-order valence-corrected chi connectivity index (χ3v) is 3.88. The van der Waals surface area contributed by atoms with E-state index in [-0.39, 0.29) is 12.1 Å². The summed E-state index contributed by atoms with van der Waals surface area (Å²) >= 11 is 0. The van der Waals surface area contributed by atoms with Crippen LogP contribution in [0.1, 0.15) is 53.0 Å². The monoisotopic (exact) mass is 361 g/mol. The number of aliphatic imine (C=N–C) groups is 1. The summed E-state index contributed by atoms with van der Waals surface area (Å²) in [5.41, 5.74) is 1.90. The van der Waals surface area contributed by atoms with E-state index in [2.05, 4.69) is 47.0 Å². The highest BCUT2D eigenvalue weighted by Crippen LogP contribution is 2.10. The molecule has 6 heteroatoms. The highest BCUT2D eigenvalue weighted by Gasteiger charge is 2.07. The fraction of sp³-hybridized carbons (Fsp3) is 0.600. The topological polar surface area (TPSA) is 77.5 Å². The summed E-state index contributed by atoms with van der Waals surface area (Å²) in [6.45, 7) is 11.2. The van der Waals surface area contributed by atoms with Gasteiger partial charge in [0.05, 0.1) is 0 Å². The Kier molecular flexibility index (Phi) is 9.55. The van der Waals surface area contributed by atoms with E-state index in [4.69, 9.17) is 0 Å². The Balaban J connectivity index is 2.44. The lowest BCUT2D eigenvalue weighted by Gasteiger charge is -2.19. The first-order valence-corrected chi connectivity index (χ1v) is 9.43. The van der Waals surface area contributed by atoms with Crippen molar-refractivity contribution in [1.29, 1.82) is 0 Å². The molecule has 0 aliphatic heterocycles. The summed E-state index contributed by atoms with van der Waals surface area (Å²) in [7, 11) is 1.78. The maximum Gasteiger partial charge on any atom is 0.319 e. The summed E-state index contributed by atoms with van der Waals surface area (Å²) in [5, 5.41) is 12.4. The predicted octanol–water partition coefficient (Wildman–Crippen LogP) is 3.71. The van der Waals surface area contributed by atoms with Crippen molar-refractivity contribution in [3.8, 4) is 0 Å². The van der Waals surface area contributed by atoms with Gasteiger partial charge in [0.2, 0.25) is 0 Å². The van der Waals surface area contributed by atoms with Gasteiger partial charge in [0.15, 0.2) is 5.96 Å². The molecule has 2 amide bonds. The van der Waals surface area contributed by atoms with Crippen LogP contribution < -0.4 is 21.3 Å². The van der Waals surface area contributed by atoms with Crippen molar-refractivity contribution >= 4 is 17.7 Å². The molecule has 6 nitrogen and oxygen atoms in total. The molecular formula is C20H35N5O. The van der Waals surface area contributed by atoms with Gasteiger partial charge >= 0.3 is 6.03 Å². The van der Waals surface area contributed by atoms with Crippen LogP contribution in [0.5, 0.6) is 0 Å². The second-order valence-corrected chi connectivity index (χ2v) is 7.39. The van der Waals surface area contributed by atoms with Crippen LogP contribution in [0.2, 0.25) is 0 Å². The molecule has 0 spiro atoms. The van der Waals surface area contributed by atoms with Crippen molar-refractivity contribution in [2.75, 3.05) is 12.4 Å². The van der Waals surface area contributed by atoms with Crippen LogP contribution in [0, 0.1) is 5.92 Å². The Morgan fingerprint density at radius 3 is 2.19 bits per heavy atom. The molecule has 0 aliphatic carbocycles. The zero-order valence-corrected chi connectivity index (χ0v) is 17.0. The van der Waals surface area contributed by atoms with Gasteiger partial charge in [-0.15, -0.1) is 0 Å². The largest absolute Gasteiger partial charge is 0.354 e. The van der Waals surface area contributed by atoms with Crippen molar-refractivity contribution in [2.24, 2.45) is 10.9 Å². The van der Waals surface area contributed by atoms with Crippen LogP contribution in [0.4, 0.5) is 10.5 Å². The molecule has 1 rings (SSSR count). The van der Waals surface area contributed by atoms with E-state index in [0.717, 1.165) is 23.6 Å². The van der Waals surface area contributed by atoms with Gasteiger partial charge in [-0.25, -0.2) is 4.79 Å². The number of amides is 2. The van der Waals surface area contributed by atoms with Crippen LogP contribution in [-0.4, -0.2) is 31.1 Å². The van der Waals surface area contributed by atoms with E-state index in [1.165, 1.54) is 6.42 Å². The van der Waals surface area contributed by atoms with Gasteiger partial charge in [-0.2, -0.15) is 0 Å². The smallest absolute Gasteiger partial charge is 0.319 e. The van der Waals surface area contributed by atoms with Gasteiger partial charge < -0.3 is 21.3 Å². The quantitative estimate of drug-likeness (QED) is 0.421. The number of anilines is 1. The zero-order chi connectivity index (χ0) is 19.5. The Morgan fingerprint density at radius 2 is 1.65 bits per heavy atom. The van der Waals surface area contributed by atoms with Crippen molar-refractivity contribution in [1.82, 2.24) is 16.0 Å². The zero-order valence-electron chi connectivity index (χ0n) is 17.0. The summed E-state index contributed by atoms with van der Waals surface area (Å²) in [6.07, 6.45) is 2.32. The van der Waals surface area contributed by atoms with Gasteiger partial charge in [-0.05, 0) is 57.2 Å². The minimum Gasteiger partial charge on any atom is -0.354 e. The normalized spacial score (nSPS) is 12.8. The SMILES string of the molecule is CN=C(NCc1ccc(NC(=O)NC(C)C)cc1)NC(C)CCC(C)C. The lowest BCUT2D eigenvalue weighted by Crippen LogP contribution is -2.41. The summed E-state index contributed by atoms with van der Waals surface area (Å²) < 4.78 is 0. The van der Waals surface area contributed by atoms with E-state index in [9.17, 15) is 4.79 Å². The Morgan fingerprint density at radius 1 is 1.00 bits per heavy atom. The fourth-order valence-corrected chi connectivity index (χ4v) is 2.40. The average Bonchev–Trinajstić information content (AvgIpc) is 2.57. The molecule has 1 aromatic carbocycles. The molecule has 0 saturated carbocycles. The second-order valence-electron chi connectivity index (χ2n) is 7.39. The molecule has 0 fully saturated rings. The molecule has 0 radical (unpaired) electrons. The number of benzene rings is 1. The Hall–Kier alpha value is -2.24. The first-order valence-electron chi connectivity index (χ1n) is 9.43. The molecule has 0 aliphatic rings. The molecule has 146 valence electrons. The first-order chi connectivity index (χ1) is 12.3. The standard InChI is InChI=1S/C20H35N5O/c1-14(2)7-8-16(5)24-19(21-6)22-13-17-9-11-18(12-10-17)25-20(26)23-15(3)4/h9-12,14-16H,7-8,13H2,1-6H3,(H2,21,22,24)(H2,23,25,26). The second kappa shape index (κ2) is 11.4. The lowest BCUT2D eigenvalue weighted by atomic mass is 10.0. The number of nitrogens with zero attached hydrogens (tertiary/aromatic N) is 1. The number of carbonyl (C=O) groups is 1. The van der Waals surface area contributed by atoms with Gasteiger partial charge in [-0.3, -0.25) is 4.99 Å². The highest BCUT2D eigenvalue weighted by atomic mass is 16.2. The first kappa shape index (κ1) is 21.8. The van der Waals surface area contributed by atoms with Crippen molar-refractivity contribution in [2.45, 2.75) is 66.1 Å². The third kappa shape index (κ3) is 9.30. The van der Waals surface area contributed by atoms with Crippen LogP contribution in [-0.2, 0) is 6.54 Å². The maximum absolute atomic E-state index is 11.7. The lowest BCUT2D eigenvalue weighted by molar-refractivity contribution is 0.250.